The summed E-state index contributed by atoms with van der Waals surface area (Å²) in [5.74, 6) is 0.751. The van der Waals surface area contributed by atoms with E-state index in [1.165, 1.54) is 12.8 Å². The van der Waals surface area contributed by atoms with Crippen LogP contribution in [-0.2, 0) is 13.6 Å². The molecular formula is C13H17N5. The van der Waals surface area contributed by atoms with Crippen LogP contribution in [0.4, 0.5) is 0 Å². The smallest absolute Gasteiger partial charge is 0.162 e. The van der Waals surface area contributed by atoms with Crippen LogP contribution in [0.15, 0.2) is 18.6 Å². The number of nitrogens with zero attached hydrogens (tertiary/aromatic N) is 4. The number of hydrogen-bond acceptors (Lipinski definition) is 4. The highest BCUT2D eigenvalue weighted by Gasteiger charge is 2.20. The normalized spacial score (nSPS) is 15.0. The van der Waals surface area contributed by atoms with E-state index in [1.807, 2.05) is 19.4 Å². The summed E-state index contributed by atoms with van der Waals surface area (Å²) in [4.78, 5) is 9.00. The predicted octanol–water partition coefficient (Wildman–Crippen LogP) is 1.44. The second-order valence-corrected chi connectivity index (χ2v) is 4.88. The van der Waals surface area contributed by atoms with Gasteiger partial charge in [0, 0.05) is 32.0 Å². The first-order chi connectivity index (χ1) is 8.72. The summed E-state index contributed by atoms with van der Waals surface area (Å²) in [6, 6.07) is 0.696. The van der Waals surface area contributed by atoms with Gasteiger partial charge in [-0.1, -0.05) is 0 Å². The quantitative estimate of drug-likeness (QED) is 0.882. The van der Waals surface area contributed by atoms with E-state index in [0.717, 1.165) is 29.2 Å². The van der Waals surface area contributed by atoms with Gasteiger partial charge in [0.2, 0.25) is 0 Å². The lowest BCUT2D eigenvalue weighted by Crippen LogP contribution is -2.17. The van der Waals surface area contributed by atoms with Crippen molar-refractivity contribution in [1.82, 2.24) is 25.1 Å². The molecule has 18 heavy (non-hydrogen) atoms. The van der Waals surface area contributed by atoms with Gasteiger partial charge in [-0.05, 0) is 25.3 Å². The van der Waals surface area contributed by atoms with Crippen LogP contribution < -0.4 is 5.32 Å². The van der Waals surface area contributed by atoms with E-state index in [-0.39, 0.29) is 0 Å². The van der Waals surface area contributed by atoms with Gasteiger partial charge in [-0.25, -0.2) is 9.97 Å². The number of rotatable bonds is 4. The summed E-state index contributed by atoms with van der Waals surface area (Å²) in [5, 5.41) is 7.64. The summed E-state index contributed by atoms with van der Waals surface area (Å²) >= 11 is 0. The van der Waals surface area contributed by atoms with E-state index >= 15 is 0 Å². The van der Waals surface area contributed by atoms with Gasteiger partial charge >= 0.3 is 0 Å². The van der Waals surface area contributed by atoms with Crippen molar-refractivity contribution in [3.05, 3.63) is 29.8 Å². The van der Waals surface area contributed by atoms with Gasteiger partial charge in [0.05, 0.1) is 17.5 Å². The highest BCUT2D eigenvalue weighted by Crippen LogP contribution is 2.20. The van der Waals surface area contributed by atoms with Crippen LogP contribution in [0.1, 0.15) is 24.1 Å². The fourth-order valence-electron chi connectivity index (χ4n) is 1.86. The first-order valence-electron chi connectivity index (χ1n) is 6.27. The third-order valence-corrected chi connectivity index (χ3v) is 3.18. The van der Waals surface area contributed by atoms with Crippen LogP contribution in [0.2, 0.25) is 0 Å². The molecule has 0 bridgehead atoms. The van der Waals surface area contributed by atoms with E-state index in [0.29, 0.717) is 6.04 Å². The average Bonchev–Trinajstić information content (AvgIpc) is 3.09. The lowest BCUT2D eigenvalue weighted by Gasteiger charge is -2.07. The number of hydrogen-bond donors (Lipinski definition) is 1. The molecule has 1 N–H and O–H groups in total. The zero-order valence-corrected chi connectivity index (χ0v) is 10.7. The monoisotopic (exact) mass is 243 g/mol. The average molecular weight is 243 g/mol. The maximum absolute atomic E-state index is 4.63. The second kappa shape index (κ2) is 4.49. The molecule has 94 valence electrons. The lowest BCUT2D eigenvalue weighted by atomic mass is 10.2. The topological polar surface area (TPSA) is 55.6 Å². The minimum absolute atomic E-state index is 0.696. The molecule has 0 atom stereocenters. The van der Waals surface area contributed by atoms with Gasteiger partial charge < -0.3 is 5.32 Å². The maximum Gasteiger partial charge on any atom is 0.162 e. The standard InChI is InChI=1S/C13H17N5/c1-9-5-15-13(10-6-16-18(2)8-10)17-12(9)7-14-11-3-4-11/h5-6,8,11,14H,3-4,7H2,1-2H3. The van der Waals surface area contributed by atoms with Crippen molar-refractivity contribution in [2.24, 2.45) is 7.05 Å². The Bertz CT molecular complexity index is 556. The molecular weight excluding hydrogens is 226 g/mol. The van der Waals surface area contributed by atoms with E-state index in [4.69, 9.17) is 0 Å². The summed E-state index contributed by atoms with van der Waals surface area (Å²) in [7, 11) is 1.90. The molecule has 0 amide bonds. The Kier molecular flexibility index (Phi) is 2.83. The Morgan fingerprint density at radius 2 is 2.22 bits per heavy atom. The maximum atomic E-state index is 4.63. The van der Waals surface area contributed by atoms with Crippen molar-refractivity contribution in [2.75, 3.05) is 0 Å². The molecule has 2 aromatic heterocycles. The van der Waals surface area contributed by atoms with Crippen molar-refractivity contribution in [3.8, 4) is 11.4 Å². The molecule has 2 heterocycles. The van der Waals surface area contributed by atoms with Crippen LogP contribution in [-0.4, -0.2) is 25.8 Å². The van der Waals surface area contributed by atoms with Crippen molar-refractivity contribution in [1.29, 1.82) is 0 Å². The molecule has 1 saturated carbocycles. The summed E-state index contributed by atoms with van der Waals surface area (Å²) in [5.41, 5.74) is 3.18. The molecule has 0 spiro atoms. The summed E-state index contributed by atoms with van der Waals surface area (Å²) in [6.07, 6.45) is 8.20. The van der Waals surface area contributed by atoms with E-state index in [2.05, 4.69) is 27.3 Å². The molecule has 0 aromatic carbocycles. The molecule has 1 fully saturated rings. The van der Waals surface area contributed by atoms with Crippen molar-refractivity contribution in [2.45, 2.75) is 32.4 Å². The molecule has 0 radical (unpaired) electrons. The minimum Gasteiger partial charge on any atom is -0.308 e. The summed E-state index contributed by atoms with van der Waals surface area (Å²) in [6.45, 7) is 2.88. The molecule has 0 saturated heterocycles. The second-order valence-electron chi connectivity index (χ2n) is 4.88. The Morgan fingerprint density at radius 1 is 1.39 bits per heavy atom. The number of nitrogens with one attached hydrogen (secondary N) is 1. The molecule has 1 aliphatic carbocycles. The Hall–Kier alpha value is -1.75. The minimum atomic E-state index is 0.696. The Morgan fingerprint density at radius 3 is 2.89 bits per heavy atom. The van der Waals surface area contributed by atoms with Crippen LogP contribution in [0.5, 0.6) is 0 Å². The van der Waals surface area contributed by atoms with Gasteiger partial charge in [0.1, 0.15) is 0 Å². The molecule has 2 aromatic rings. The molecule has 3 rings (SSSR count). The SMILES string of the molecule is Cc1cnc(-c2cnn(C)c2)nc1CNC1CC1. The van der Waals surface area contributed by atoms with Gasteiger partial charge in [-0.2, -0.15) is 5.10 Å². The van der Waals surface area contributed by atoms with Crippen LogP contribution in [0, 0.1) is 6.92 Å². The largest absolute Gasteiger partial charge is 0.308 e. The van der Waals surface area contributed by atoms with Crippen LogP contribution in [0.3, 0.4) is 0 Å². The molecule has 1 aliphatic rings. The third-order valence-electron chi connectivity index (χ3n) is 3.18. The highest BCUT2D eigenvalue weighted by atomic mass is 15.2. The first-order valence-corrected chi connectivity index (χ1v) is 6.27. The van der Waals surface area contributed by atoms with E-state index < -0.39 is 0 Å². The molecule has 0 aliphatic heterocycles. The number of aryl methyl sites for hydroxylation is 2. The van der Waals surface area contributed by atoms with Gasteiger partial charge in [0.25, 0.3) is 0 Å². The van der Waals surface area contributed by atoms with Crippen molar-refractivity contribution < 1.29 is 0 Å². The molecule has 0 unspecified atom stereocenters. The Labute approximate surface area is 106 Å². The molecule has 5 heteroatoms. The zero-order valence-electron chi connectivity index (χ0n) is 10.7. The van der Waals surface area contributed by atoms with Crippen LogP contribution in [0.25, 0.3) is 11.4 Å². The Balaban J connectivity index is 1.84. The number of aromatic nitrogens is 4. The third kappa shape index (κ3) is 2.41. The van der Waals surface area contributed by atoms with Gasteiger partial charge in [-0.3, -0.25) is 4.68 Å². The van der Waals surface area contributed by atoms with Crippen molar-refractivity contribution in [3.63, 3.8) is 0 Å². The predicted molar refractivity (Wildman–Crippen MR) is 68.8 cm³/mol. The summed E-state index contributed by atoms with van der Waals surface area (Å²) < 4.78 is 1.76. The lowest BCUT2D eigenvalue weighted by molar-refractivity contribution is 0.670. The van der Waals surface area contributed by atoms with Gasteiger partial charge in [0.15, 0.2) is 5.82 Å². The van der Waals surface area contributed by atoms with E-state index in [9.17, 15) is 0 Å². The zero-order chi connectivity index (χ0) is 12.5. The van der Waals surface area contributed by atoms with Gasteiger partial charge in [-0.15, -0.1) is 0 Å². The first kappa shape index (κ1) is 11.3. The molecule has 5 nitrogen and oxygen atoms in total. The van der Waals surface area contributed by atoms with E-state index in [1.54, 1.807) is 10.9 Å². The highest BCUT2D eigenvalue weighted by molar-refractivity contribution is 5.52. The van der Waals surface area contributed by atoms with Crippen LogP contribution >= 0.6 is 0 Å². The fraction of sp³-hybridized carbons (Fsp3) is 0.462. The fourth-order valence-corrected chi connectivity index (χ4v) is 1.86. The van der Waals surface area contributed by atoms with Crippen molar-refractivity contribution >= 4 is 0 Å².